The van der Waals surface area contributed by atoms with Gasteiger partial charge in [0.25, 0.3) is 0 Å². The Labute approximate surface area is 137 Å². The number of ether oxygens (including phenoxy) is 1. The zero-order valence-electron chi connectivity index (χ0n) is 12.7. The number of morpholine rings is 1. The van der Waals surface area contributed by atoms with Crippen LogP contribution in [0.1, 0.15) is 38.3 Å². The van der Waals surface area contributed by atoms with Gasteiger partial charge in [-0.25, -0.2) is 9.97 Å². The van der Waals surface area contributed by atoms with Gasteiger partial charge in [0.2, 0.25) is 5.28 Å². The number of thiol groups is 1. The molecule has 1 aliphatic heterocycles. The molecule has 2 aliphatic carbocycles. The minimum atomic E-state index is -1.23. The maximum absolute atomic E-state index is 12.8. The van der Waals surface area contributed by atoms with Crippen molar-refractivity contribution in [2.75, 3.05) is 24.7 Å². The molecule has 0 aromatic carbocycles. The fraction of sp³-hybridized carbons (Fsp3) is 0.733. The van der Waals surface area contributed by atoms with Crippen LogP contribution < -0.4 is 4.90 Å². The molecule has 0 radical (unpaired) electrons. The summed E-state index contributed by atoms with van der Waals surface area (Å²) >= 11 is 6.18. The van der Waals surface area contributed by atoms with Crippen LogP contribution in [0.2, 0.25) is 5.28 Å². The molecule has 5 nitrogen and oxygen atoms in total. The third-order valence-electron chi connectivity index (χ3n) is 4.85. The summed E-state index contributed by atoms with van der Waals surface area (Å²) in [6.07, 6.45) is 4.13. The monoisotopic (exact) mass is 342 g/mol. The molecule has 1 aromatic rings. The standard InChI is InChI=1S/C15H20ClN3O2S/c1-10-9-21-7-6-19(10)13-8-12(17-14(16)18-13)15(4-5-15)22(20)11-2-3-11/h8,10-11H,2-7,9H2,1H3/p+1/t10-,22?/m0/s1. The van der Waals surface area contributed by atoms with Gasteiger partial charge in [-0.3, -0.25) is 0 Å². The molecular formula is C15H21ClN3O2S+. The highest BCUT2D eigenvalue weighted by Gasteiger charge is 2.61. The fourth-order valence-corrected chi connectivity index (χ4v) is 5.61. The molecule has 2 heterocycles. The normalized spacial score (nSPS) is 28.5. The molecule has 22 heavy (non-hydrogen) atoms. The Morgan fingerprint density at radius 2 is 2.18 bits per heavy atom. The van der Waals surface area contributed by atoms with Crippen LogP contribution in [0.4, 0.5) is 5.82 Å². The molecule has 4 rings (SSSR count). The molecule has 3 fully saturated rings. The van der Waals surface area contributed by atoms with Gasteiger partial charge >= 0.3 is 0 Å². The molecule has 2 saturated carbocycles. The summed E-state index contributed by atoms with van der Waals surface area (Å²) in [5, 5.41) is 0.661. The zero-order valence-corrected chi connectivity index (χ0v) is 14.3. The van der Waals surface area contributed by atoms with Crippen LogP contribution in [0.15, 0.2) is 6.07 Å². The Balaban J connectivity index is 1.67. The first-order chi connectivity index (χ1) is 10.6. The molecule has 7 heteroatoms. The molecule has 0 amide bonds. The average Bonchev–Trinajstić information content (AvgIpc) is 3.39. The molecule has 3 aliphatic rings. The minimum absolute atomic E-state index is 0.229. The zero-order chi connectivity index (χ0) is 15.3. The maximum atomic E-state index is 12.8. The van der Waals surface area contributed by atoms with Crippen LogP contribution in [0.5, 0.6) is 0 Å². The Hall–Kier alpha value is -0.720. The summed E-state index contributed by atoms with van der Waals surface area (Å²) in [7, 11) is -1.23. The number of rotatable bonds is 4. The van der Waals surface area contributed by atoms with Crippen molar-refractivity contribution in [2.45, 2.75) is 48.6 Å². The first-order valence-corrected chi connectivity index (χ1v) is 9.67. The Bertz CT molecular complexity index is 619. The van der Waals surface area contributed by atoms with Gasteiger partial charge in [-0.15, -0.1) is 4.21 Å². The summed E-state index contributed by atoms with van der Waals surface area (Å²) in [6.45, 7) is 4.31. The van der Waals surface area contributed by atoms with Crippen LogP contribution in [0, 0.1) is 0 Å². The lowest BCUT2D eigenvalue weighted by Crippen LogP contribution is -2.44. The smallest absolute Gasteiger partial charge is 0.224 e. The molecule has 0 N–H and O–H groups in total. The maximum Gasteiger partial charge on any atom is 0.224 e. The first kappa shape index (κ1) is 14.8. The molecule has 0 bridgehead atoms. The number of halogens is 1. The van der Waals surface area contributed by atoms with Crippen molar-refractivity contribution in [3.8, 4) is 0 Å². The van der Waals surface area contributed by atoms with Crippen LogP contribution in [-0.2, 0) is 24.5 Å². The van der Waals surface area contributed by atoms with Gasteiger partial charge in [-0.05, 0) is 31.4 Å². The summed E-state index contributed by atoms with van der Waals surface area (Å²) in [5.41, 5.74) is 0.884. The summed E-state index contributed by atoms with van der Waals surface area (Å²) < 4.78 is 18.0. The number of aromatic nitrogens is 2. The topological polar surface area (TPSA) is 55.3 Å². The van der Waals surface area contributed by atoms with Gasteiger partial charge < -0.3 is 9.64 Å². The minimum Gasteiger partial charge on any atom is -0.377 e. The van der Waals surface area contributed by atoms with E-state index in [1.165, 1.54) is 0 Å². The Morgan fingerprint density at radius 1 is 1.41 bits per heavy atom. The molecule has 1 saturated heterocycles. The van der Waals surface area contributed by atoms with Crippen LogP contribution >= 0.6 is 11.6 Å². The number of anilines is 1. The molecule has 1 aromatic heterocycles. The second kappa shape index (κ2) is 5.42. The summed E-state index contributed by atoms with van der Waals surface area (Å²) in [5.74, 6) is 0.844. The van der Waals surface area contributed by atoms with E-state index in [1.54, 1.807) is 0 Å². The van der Waals surface area contributed by atoms with Crippen molar-refractivity contribution in [1.29, 1.82) is 0 Å². The number of hydrogen-bond donors (Lipinski definition) is 0. The lowest BCUT2D eigenvalue weighted by atomic mass is 10.2. The van der Waals surface area contributed by atoms with E-state index in [9.17, 15) is 4.21 Å². The van der Waals surface area contributed by atoms with Gasteiger partial charge in [0.1, 0.15) is 16.8 Å². The van der Waals surface area contributed by atoms with E-state index in [1.807, 2.05) is 6.07 Å². The number of hydrogen-bond acceptors (Lipinski definition) is 5. The van der Waals surface area contributed by atoms with Crippen molar-refractivity contribution < 1.29 is 8.95 Å². The predicted molar refractivity (Wildman–Crippen MR) is 88.0 cm³/mol. The van der Waals surface area contributed by atoms with E-state index >= 15 is 0 Å². The summed E-state index contributed by atoms with van der Waals surface area (Å²) in [4.78, 5) is 11.0. The SMILES string of the molecule is C[C@H]1COCCN1c1cc(C2([SH+](=O)C3CC3)CC2)nc(Cl)n1. The quantitative estimate of drug-likeness (QED) is 0.477. The first-order valence-electron chi connectivity index (χ1n) is 7.96. The largest absolute Gasteiger partial charge is 0.377 e. The van der Waals surface area contributed by atoms with E-state index in [4.69, 9.17) is 16.3 Å². The van der Waals surface area contributed by atoms with Gasteiger partial charge in [0.05, 0.1) is 30.1 Å². The molecular weight excluding hydrogens is 322 g/mol. The number of nitrogens with zero attached hydrogens (tertiary/aromatic N) is 3. The fourth-order valence-electron chi connectivity index (χ4n) is 3.23. The highest BCUT2D eigenvalue weighted by atomic mass is 35.5. The molecule has 120 valence electrons. The Kier molecular flexibility index (Phi) is 3.66. The van der Waals surface area contributed by atoms with Crippen molar-refractivity contribution in [3.05, 3.63) is 17.0 Å². The van der Waals surface area contributed by atoms with Crippen molar-refractivity contribution in [3.63, 3.8) is 0 Å². The molecule has 2 atom stereocenters. The van der Waals surface area contributed by atoms with Gasteiger partial charge in [0, 0.05) is 25.5 Å². The van der Waals surface area contributed by atoms with E-state index in [-0.39, 0.29) is 16.1 Å². The molecule has 0 spiro atoms. The van der Waals surface area contributed by atoms with E-state index in [2.05, 4.69) is 21.8 Å². The highest BCUT2D eigenvalue weighted by Crippen LogP contribution is 2.55. The van der Waals surface area contributed by atoms with E-state index in [0.717, 1.165) is 43.7 Å². The third kappa shape index (κ3) is 2.55. The molecule has 1 unspecified atom stereocenters. The second-order valence-electron chi connectivity index (χ2n) is 6.59. The average molecular weight is 343 g/mol. The van der Waals surface area contributed by atoms with Crippen LogP contribution in [0.25, 0.3) is 0 Å². The summed E-state index contributed by atoms with van der Waals surface area (Å²) in [6, 6.07) is 2.27. The van der Waals surface area contributed by atoms with E-state index in [0.29, 0.717) is 18.5 Å². The van der Waals surface area contributed by atoms with Crippen molar-refractivity contribution in [1.82, 2.24) is 9.97 Å². The van der Waals surface area contributed by atoms with Crippen LogP contribution in [0.3, 0.4) is 0 Å². The van der Waals surface area contributed by atoms with Crippen molar-refractivity contribution in [2.24, 2.45) is 0 Å². The van der Waals surface area contributed by atoms with E-state index < -0.39 is 10.8 Å². The highest BCUT2D eigenvalue weighted by molar-refractivity contribution is 7.87. The van der Waals surface area contributed by atoms with Crippen molar-refractivity contribution >= 4 is 28.2 Å². The lowest BCUT2D eigenvalue weighted by Gasteiger charge is -2.34. The lowest BCUT2D eigenvalue weighted by molar-refractivity contribution is 0.0985. The Morgan fingerprint density at radius 3 is 2.82 bits per heavy atom. The van der Waals surface area contributed by atoms with Gasteiger partial charge in [0.15, 0.2) is 4.75 Å². The third-order valence-corrected chi connectivity index (χ3v) is 7.72. The van der Waals surface area contributed by atoms with Crippen LogP contribution in [-0.4, -0.2) is 41.0 Å². The van der Waals surface area contributed by atoms with Gasteiger partial charge in [-0.2, -0.15) is 0 Å². The van der Waals surface area contributed by atoms with Gasteiger partial charge in [-0.1, -0.05) is 0 Å². The second-order valence-corrected chi connectivity index (χ2v) is 9.16. The predicted octanol–water partition coefficient (Wildman–Crippen LogP) is 2.20.